The summed E-state index contributed by atoms with van der Waals surface area (Å²) in [5, 5.41) is 4.93. The summed E-state index contributed by atoms with van der Waals surface area (Å²) in [7, 11) is 0. The van der Waals surface area contributed by atoms with Crippen molar-refractivity contribution in [3.05, 3.63) is 182 Å². The van der Waals surface area contributed by atoms with Gasteiger partial charge in [-0.1, -0.05) is 95.9 Å². The van der Waals surface area contributed by atoms with Crippen LogP contribution >= 0.6 is 11.3 Å². The molecule has 59 heavy (non-hydrogen) atoms. The maximum Gasteiger partial charge on any atom is 0.0780 e. The first-order valence-corrected chi connectivity index (χ1v) is 28.2. The first kappa shape index (κ1) is 40.6. The average molecular weight is 1020 g/mol. The van der Waals surface area contributed by atoms with Gasteiger partial charge in [0, 0.05) is 30.5 Å². The number of imidazole rings is 1. The van der Waals surface area contributed by atoms with Crippen molar-refractivity contribution < 1.29 is 20.1 Å². The molecular weight excluding hydrogens is 975 g/mol. The quantitative estimate of drug-likeness (QED) is 0.118. The van der Waals surface area contributed by atoms with Crippen molar-refractivity contribution in [2.75, 3.05) is 0 Å². The van der Waals surface area contributed by atoms with Gasteiger partial charge >= 0.3 is 126 Å². The van der Waals surface area contributed by atoms with Crippen molar-refractivity contribution in [2.45, 2.75) is 37.5 Å². The average Bonchev–Trinajstić information content (AvgIpc) is 3.81. The minimum Gasteiger partial charge on any atom is -0.333 e. The van der Waals surface area contributed by atoms with Crippen LogP contribution in [0, 0.1) is 18.1 Å². The Hall–Kier alpha value is -5.17. The normalized spacial score (nSPS) is 11.6. The molecule has 0 N–H and O–H groups in total. The number of fused-ring (bicyclic) bond motifs is 5. The van der Waals surface area contributed by atoms with E-state index < -0.39 is 13.3 Å². The van der Waals surface area contributed by atoms with Crippen LogP contribution in [-0.2, 0) is 26.5 Å². The molecular formula is C53H45GeIrN3S-2. The molecule has 3 heterocycles. The molecule has 0 spiro atoms. The molecule has 1 radical (unpaired) electrons. The molecule has 0 bridgehead atoms. The van der Waals surface area contributed by atoms with Gasteiger partial charge in [-0.25, -0.2) is 0 Å². The van der Waals surface area contributed by atoms with Crippen LogP contribution in [0.2, 0.25) is 17.3 Å². The number of hydrogen-bond acceptors (Lipinski definition) is 3. The topological polar surface area (TPSA) is 30.7 Å². The van der Waals surface area contributed by atoms with E-state index in [0.29, 0.717) is 5.92 Å². The van der Waals surface area contributed by atoms with Gasteiger partial charge < -0.3 is 4.57 Å². The first-order chi connectivity index (χ1) is 28.2. The fourth-order valence-electron chi connectivity index (χ4n) is 7.96. The Balaban J connectivity index is 0.000000197. The van der Waals surface area contributed by atoms with E-state index in [1.54, 1.807) is 4.40 Å². The fraction of sp³-hybridized carbons (Fsp3) is 0.132. The van der Waals surface area contributed by atoms with Crippen molar-refractivity contribution >= 4 is 71.0 Å². The monoisotopic (exact) mass is 1020 g/mol. The molecule has 0 atom stereocenters. The number of nitrogens with zero attached hydrogens (tertiary/aromatic N) is 3. The van der Waals surface area contributed by atoms with Gasteiger partial charge in [0.1, 0.15) is 0 Å². The molecule has 0 aliphatic rings. The van der Waals surface area contributed by atoms with Gasteiger partial charge in [0.05, 0.1) is 16.9 Å². The third-order valence-electron chi connectivity index (χ3n) is 10.7. The Kier molecular flexibility index (Phi) is 11.8. The Bertz CT molecular complexity index is 3040. The fourth-order valence-corrected chi connectivity index (χ4v) is 12.5. The number of hydrogen-bond donors (Lipinski definition) is 0. The molecule has 7 aromatic carbocycles. The largest absolute Gasteiger partial charge is 0.333 e. The minimum absolute atomic E-state index is 0. The Labute approximate surface area is 367 Å². The van der Waals surface area contributed by atoms with Gasteiger partial charge in [-0.3, -0.25) is 4.98 Å². The van der Waals surface area contributed by atoms with Crippen molar-refractivity contribution in [3.8, 4) is 39.5 Å². The van der Waals surface area contributed by atoms with E-state index in [-0.39, 0.29) is 20.1 Å². The van der Waals surface area contributed by atoms with Crippen molar-refractivity contribution in [2.24, 2.45) is 5.92 Å². The van der Waals surface area contributed by atoms with Gasteiger partial charge in [0.15, 0.2) is 0 Å². The SMILES string of the molecule is CC(C)Cc1cc(-c2[c-]cccc2)nc[c]1[Ge]([CH3])([CH3])[CH3].[Ir].[c-]1ccc2c(sc3ccccc32)c1-c1nc2cc3ccccc3cc2n1-c1ccc(-c2ccccc2)cc1. The van der Waals surface area contributed by atoms with Crippen molar-refractivity contribution in [3.63, 3.8) is 0 Å². The van der Waals surface area contributed by atoms with Gasteiger partial charge in [0.2, 0.25) is 0 Å². The summed E-state index contributed by atoms with van der Waals surface area (Å²) >= 11 is -0.0430. The van der Waals surface area contributed by atoms with Crippen LogP contribution in [-0.4, -0.2) is 27.8 Å². The summed E-state index contributed by atoms with van der Waals surface area (Å²) in [5.74, 6) is 8.91. The molecule has 0 aliphatic heterocycles. The Morgan fingerprint density at radius 3 is 2.10 bits per heavy atom. The van der Waals surface area contributed by atoms with E-state index >= 15 is 0 Å². The van der Waals surface area contributed by atoms with Crippen LogP contribution in [0.3, 0.4) is 0 Å². The number of pyridine rings is 1. The van der Waals surface area contributed by atoms with Crippen LogP contribution < -0.4 is 4.40 Å². The predicted octanol–water partition coefficient (Wildman–Crippen LogP) is 14.0. The number of rotatable bonds is 7. The molecule has 10 rings (SSSR count). The maximum absolute atomic E-state index is 5.25. The molecule has 0 fully saturated rings. The van der Waals surface area contributed by atoms with Gasteiger partial charge in [-0.2, -0.15) is 11.3 Å². The van der Waals surface area contributed by atoms with E-state index in [1.165, 1.54) is 47.6 Å². The van der Waals surface area contributed by atoms with E-state index in [4.69, 9.17) is 9.97 Å². The Morgan fingerprint density at radius 2 is 1.37 bits per heavy atom. The number of thiophene rings is 1. The van der Waals surface area contributed by atoms with Crippen molar-refractivity contribution in [1.29, 1.82) is 0 Å². The molecule has 0 aliphatic carbocycles. The summed E-state index contributed by atoms with van der Waals surface area (Å²) in [5.41, 5.74) is 10.3. The van der Waals surface area contributed by atoms with Crippen LogP contribution in [0.15, 0.2) is 164 Å². The molecule has 0 saturated heterocycles. The van der Waals surface area contributed by atoms with Crippen LogP contribution in [0.4, 0.5) is 0 Å². The van der Waals surface area contributed by atoms with Gasteiger partial charge in [-0.15, -0.1) is 18.2 Å². The smallest absolute Gasteiger partial charge is 0.0780 e. The number of benzene rings is 7. The third kappa shape index (κ3) is 8.35. The maximum atomic E-state index is 5.25. The zero-order valence-electron chi connectivity index (χ0n) is 34.0. The molecule has 3 nitrogen and oxygen atoms in total. The second kappa shape index (κ2) is 17.2. The standard InChI is InChI=1S/C35H21N2S.C18H24GeN.Ir/c1-2-9-23(10-3-1)24-17-19-27(20-18-24)37-32-22-26-12-5-4-11-25(26)21-31(32)36-35(37)30-15-8-14-29-28-13-6-7-16-33(28)38-34(29)30;1-14(2)11-16-12-18(15-9-7-6-8-10-15)20-13-17(16)19(3,4)5;/h1-14,16-22H;6-9,12-14H,11H2,1-5H3;/q2*-1;. The number of aromatic nitrogens is 3. The van der Waals surface area contributed by atoms with E-state index in [1.807, 2.05) is 35.6 Å². The van der Waals surface area contributed by atoms with Crippen LogP contribution in [0.25, 0.3) is 81.4 Å². The van der Waals surface area contributed by atoms with Gasteiger partial charge in [0.25, 0.3) is 0 Å². The van der Waals surface area contributed by atoms with E-state index in [9.17, 15) is 0 Å². The summed E-state index contributed by atoms with van der Waals surface area (Å²) in [6.07, 6.45) is 3.27. The molecule has 10 aromatic rings. The zero-order chi connectivity index (χ0) is 39.8. The van der Waals surface area contributed by atoms with Crippen molar-refractivity contribution in [1.82, 2.24) is 14.5 Å². The van der Waals surface area contributed by atoms with E-state index in [0.717, 1.165) is 45.8 Å². The summed E-state index contributed by atoms with van der Waals surface area (Å²) in [6.45, 7) is 4.57. The molecule has 0 amide bonds. The molecule has 293 valence electrons. The molecule has 6 heteroatoms. The first-order valence-electron chi connectivity index (χ1n) is 20.1. The molecule has 3 aromatic heterocycles. The van der Waals surface area contributed by atoms with Crippen LogP contribution in [0.5, 0.6) is 0 Å². The van der Waals surface area contributed by atoms with Gasteiger partial charge in [-0.05, 0) is 62.3 Å². The zero-order valence-corrected chi connectivity index (χ0v) is 39.3. The minimum atomic E-state index is -1.86. The third-order valence-corrected chi connectivity index (χ3v) is 16.3. The molecule has 0 unspecified atom stereocenters. The Morgan fingerprint density at radius 1 is 0.678 bits per heavy atom. The predicted molar refractivity (Wildman–Crippen MR) is 251 cm³/mol. The van der Waals surface area contributed by atoms with Crippen LogP contribution in [0.1, 0.15) is 19.4 Å². The van der Waals surface area contributed by atoms with E-state index in [2.05, 4.69) is 187 Å². The second-order valence-corrected chi connectivity index (χ2v) is 28.0. The second-order valence-electron chi connectivity index (χ2n) is 16.4. The summed E-state index contributed by atoms with van der Waals surface area (Å²) in [6, 6.07) is 62.3. The summed E-state index contributed by atoms with van der Waals surface area (Å²) < 4.78 is 6.34. The molecule has 0 saturated carbocycles. The summed E-state index contributed by atoms with van der Waals surface area (Å²) in [4.78, 5) is 9.95.